The highest BCUT2D eigenvalue weighted by Crippen LogP contribution is 2.28. The average molecular weight is 377 g/mol. The van der Waals surface area contributed by atoms with Crippen molar-refractivity contribution in [2.45, 2.75) is 13.5 Å². The number of aryl methyl sites for hydroxylation is 1. The number of anilines is 1. The number of nitrogens with one attached hydrogen (secondary N) is 1. The normalized spacial score (nSPS) is 13.0. The largest absolute Gasteiger partial charge is 0.482 e. The van der Waals surface area contributed by atoms with Crippen molar-refractivity contribution in [2.75, 3.05) is 11.9 Å². The summed E-state index contributed by atoms with van der Waals surface area (Å²) < 4.78 is 7.03. The van der Waals surface area contributed by atoms with Crippen LogP contribution >= 0.6 is 15.9 Å². The molecule has 23 heavy (non-hydrogen) atoms. The Kier molecular flexibility index (Phi) is 4.04. The van der Waals surface area contributed by atoms with Gasteiger partial charge in [0.1, 0.15) is 5.75 Å². The smallest absolute Gasteiger partial charge is 0.265 e. The number of nitrogens with zero attached hydrogens (tertiary/aromatic N) is 1. The first-order chi connectivity index (χ1) is 10.9. The van der Waals surface area contributed by atoms with Gasteiger partial charge in [-0.15, -0.1) is 0 Å². The number of ether oxygens (including phenoxy) is 1. The van der Waals surface area contributed by atoms with Crippen LogP contribution in [0.3, 0.4) is 0 Å². The highest BCUT2D eigenvalue weighted by Gasteiger charge is 2.18. The molecule has 0 radical (unpaired) electrons. The number of aromatic nitrogens is 1. The lowest BCUT2D eigenvalue weighted by atomic mass is 10.1. The third kappa shape index (κ3) is 3.19. The lowest BCUT2D eigenvalue weighted by molar-refractivity contribution is -0.118. The molecule has 0 bridgehead atoms. The predicted molar refractivity (Wildman–Crippen MR) is 88.0 cm³/mol. The molecule has 1 aliphatic rings. The predicted octanol–water partition coefficient (Wildman–Crippen LogP) is 2.13. The fraction of sp³-hybridized carbons (Fsp3) is 0.188. The summed E-state index contributed by atoms with van der Waals surface area (Å²) in [6.45, 7) is 1.73. The van der Waals surface area contributed by atoms with E-state index in [-0.39, 0.29) is 30.4 Å². The molecule has 2 aromatic rings. The first kappa shape index (κ1) is 15.5. The second-order valence-corrected chi connectivity index (χ2v) is 6.12. The fourth-order valence-electron chi connectivity index (χ4n) is 2.36. The first-order valence-corrected chi connectivity index (χ1v) is 7.70. The minimum Gasteiger partial charge on any atom is -0.482 e. The monoisotopic (exact) mass is 376 g/mol. The van der Waals surface area contributed by atoms with E-state index in [0.29, 0.717) is 21.5 Å². The first-order valence-electron chi connectivity index (χ1n) is 6.90. The summed E-state index contributed by atoms with van der Waals surface area (Å²) in [5.41, 5.74) is 1.47. The van der Waals surface area contributed by atoms with Gasteiger partial charge in [-0.1, -0.05) is 0 Å². The van der Waals surface area contributed by atoms with Crippen LogP contribution in [0.2, 0.25) is 0 Å². The molecule has 3 rings (SSSR count). The van der Waals surface area contributed by atoms with Gasteiger partial charge in [0.05, 0.1) is 16.7 Å². The maximum Gasteiger partial charge on any atom is 0.265 e. The minimum absolute atomic E-state index is 0.0347. The van der Waals surface area contributed by atoms with Crippen LogP contribution in [-0.2, 0) is 11.3 Å². The number of fused-ring (bicyclic) bond motifs is 1. The quantitative estimate of drug-likeness (QED) is 0.832. The number of ketones is 1. The Labute approximate surface area is 140 Å². The van der Waals surface area contributed by atoms with E-state index >= 15 is 0 Å². The number of halogens is 1. The summed E-state index contributed by atoms with van der Waals surface area (Å²) in [5.74, 6) is 0.0322. The van der Waals surface area contributed by atoms with Gasteiger partial charge in [-0.3, -0.25) is 14.4 Å². The maximum atomic E-state index is 12.4. The van der Waals surface area contributed by atoms with Gasteiger partial charge in [0.15, 0.2) is 12.4 Å². The van der Waals surface area contributed by atoms with Crippen LogP contribution in [-0.4, -0.2) is 22.9 Å². The number of Topliss-reactive ketones (excluding diaryl/α,β-unsaturated/α-hetero) is 1. The van der Waals surface area contributed by atoms with Crippen molar-refractivity contribution < 1.29 is 14.3 Å². The van der Waals surface area contributed by atoms with Gasteiger partial charge in [0.2, 0.25) is 0 Å². The summed E-state index contributed by atoms with van der Waals surface area (Å²) >= 11 is 3.19. The zero-order valence-corrected chi connectivity index (χ0v) is 13.8. The molecular weight excluding hydrogens is 364 g/mol. The van der Waals surface area contributed by atoms with Crippen molar-refractivity contribution in [3.05, 3.63) is 56.4 Å². The zero-order valence-electron chi connectivity index (χ0n) is 12.3. The Morgan fingerprint density at radius 1 is 1.35 bits per heavy atom. The number of rotatable bonds is 3. The topological polar surface area (TPSA) is 77.4 Å². The Balaban J connectivity index is 1.89. The third-order valence-electron chi connectivity index (χ3n) is 3.43. The van der Waals surface area contributed by atoms with Gasteiger partial charge in [-0.05, 0) is 52.7 Å². The second-order valence-electron chi connectivity index (χ2n) is 5.27. The van der Waals surface area contributed by atoms with E-state index < -0.39 is 0 Å². The molecule has 1 aromatic heterocycles. The van der Waals surface area contributed by atoms with Gasteiger partial charge in [-0.2, -0.15) is 0 Å². The van der Waals surface area contributed by atoms with E-state index in [1.165, 1.54) is 4.57 Å². The molecule has 0 aliphatic carbocycles. The molecule has 7 heteroatoms. The molecule has 1 N–H and O–H groups in total. The van der Waals surface area contributed by atoms with Gasteiger partial charge < -0.3 is 14.6 Å². The number of pyridine rings is 1. The lowest BCUT2D eigenvalue weighted by Gasteiger charge is -2.18. The lowest BCUT2D eigenvalue weighted by Crippen LogP contribution is -2.26. The average Bonchev–Trinajstić information content (AvgIpc) is 2.51. The molecule has 1 aromatic carbocycles. The van der Waals surface area contributed by atoms with E-state index in [2.05, 4.69) is 21.2 Å². The van der Waals surface area contributed by atoms with Crippen LogP contribution in [0.4, 0.5) is 5.69 Å². The SMILES string of the molecule is Cc1cc(Br)c(=O)n(CC(=O)c2ccc3c(c2)NC(=O)CO3)c1. The Morgan fingerprint density at radius 3 is 2.91 bits per heavy atom. The van der Waals surface area contributed by atoms with Crippen LogP contribution in [0.1, 0.15) is 15.9 Å². The van der Waals surface area contributed by atoms with Crippen molar-refractivity contribution in [2.24, 2.45) is 0 Å². The van der Waals surface area contributed by atoms with Crippen molar-refractivity contribution in [1.29, 1.82) is 0 Å². The fourth-order valence-corrected chi connectivity index (χ4v) is 2.95. The number of hydrogen-bond acceptors (Lipinski definition) is 4. The van der Waals surface area contributed by atoms with E-state index in [1.54, 1.807) is 30.5 Å². The van der Waals surface area contributed by atoms with Gasteiger partial charge in [-0.25, -0.2) is 0 Å². The summed E-state index contributed by atoms with van der Waals surface area (Å²) in [6, 6.07) is 6.52. The Bertz CT molecular complexity index is 873. The molecule has 0 fully saturated rings. The van der Waals surface area contributed by atoms with Crippen LogP contribution in [0, 0.1) is 6.92 Å². The molecule has 118 valence electrons. The van der Waals surface area contributed by atoms with E-state index in [4.69, 9.17) is 4.74 Å². The number of amides is 1. The third-order valence-corrected chi connectivity index (χ3v) is 4.00. The summed E-state index contributed by atoms with van der Waals surface area (Å²) in [7, 11) is 0. The Morgan fingerprint density at radius 2 is 2.13 bits per heavy atom. The van der Waals surface area contributed by atoms with Crippen molar-refractivity contribution >= 4 is 33.3 Å². The summed E-state index contributed by atoms with van der Waals surface area (Å²) in [6.07, 6.45) is 1.63. The molecule has 1 aliphatic heterocycles. The van der Waals surface area contributed by atoms with Gasteiger partial charge in [0, 0.05) is 11.8 Å². The molecule has 0 saturated heterocycles. The maximum absolute atomic E-state index is 12.4. The van der Waals surface area contributed by atoms with E-state index in [9.17, 15) is 14.4 Å². The van der Waals surface area contributed by atoms with Crippen LogP contribution < -0.4 is 15.6 Å². The van der Waals surface area contributed by atoms with E-state index in [0.717, 1.165) is 5.56 Å². The van der Waals surface area contributed by atoms with Gasteiger partial charge in [0.25, 0.3) is 11.5 Å². The molecule has 0 unspecified atom stereocenters. The van der Waals surface area contributed by atoms with Crippen molar-refractivity contribution in [3.8, 4) is 5.75 Å². The van der Waals surface area contributed by atoms with E-state index in [1.807, 2.05) is 6.92 Å². The molecule has 2 heterocycles. The number of carbonyl (C=O) groups is 2. The minimum atomic E-state index is -0.265. The summed E-state index contributed by atoms with van der Waals surface area (Å²) in [4.78, 5) is 35.8. The molecule has 0 spiro atoms. The number of benzene rings is 1. The van der Waals surface area contributed by atoms with Crippen LogP contribution in [0.5, 0.6) is 5.75 Å². The molecule has 1 amide bonds. The number of carbonyl (C=O) groups excluding carboxylic acids is 2. The van der Waals surface area contributed by atoms with Gasteiger partial charge >= 0.3 is 0 Å². The Hall–Kier alpha value is -2.41. The number of hydrogen-bond donors (Lipinski definition) is 1. The molecule has 0 atom stereocenters. The highest BCUT2D eigenvalue weighted by molar-refractivity contribution is 9.10. The second kappa shape index (κ2) is 6.00. The molecular formula is C16H13BrN2O4. The molecule has 6 nitrogen and oxygen atoms in total. The molecule has 0 saturated carbocycles. The summed E-state index contributed by atoms with van der Waals surface area (Å²) in [5, 5.41) is 2.66. The van der Waals surface area contributed by atoms with Crippen molar-refractivity contribution in [1.82, 2.24) is 4.57 Å². The van der Waals surface area contributed by atoms with Crippen molar-refractivity contribution in [3.63, 3.8) is 0 Å². The highest BCUT2D eigenvalue weighted by atomic mass is 79.9. The zero-order chi connectivity index (χ0) is 16.6. The van der Waals surface area contributed by atoms with Crippen LogP contribution in [0.15, 0.2) is 39.7 Å². The standard InChI is InChI=1S/C16H13BrN2O4/c1-9-4-11(17)16(22)19(6-9)7-13(20)10-2-3-14-12(5-10)18-15(21)8-23-14/h2-6H,7-8H2,1H3,(H,18,21). The van der Waals surface area contributed by atoms with Crippen LogP contribution in [0.25, 0.3) is 0 Å².